The van der Waals surface area contributed by atoms with Crippen LogP contribution in [0.15, 0.2) is 30.6 Å². The van der Waals surface area contributed by atoms with E-state index >= 15 is 0 Å². The number of aromatic nitrogens is 4. The van der Waals surface area contributed by atoms with Crippen molar-refractivity contribution in [1.29, 1.82) is 5.26 Å². The number of rotatable bonds is 7. The van der Waals surface area contributed by atoms with Gasteiger partial charge in [-0.3, -0.25) is 14.3 Å². The van der Waals surface area contributed by atoms with Crippen molar-refractivity contribution in [2.24, 2.45) is 12.8 Å². The van der Waals surface area contributed by atoms with E-state index in [1.165, 1.54) is 11.6 Å². The summed E-state index contributed by atoms with van der Waals surface area (Å²) in [6.07, 6.45) is -0.213. The molecule has 244 valence electrons. The molecule has 0 bridgehead atoms. The topological polar surface area (TPSA) is 158 Å². The van der Waals surface area contributed by atoms with Gasteiger partial charge in [-0.2, -0.15) is 23.5 Å². The van der Waals surface area contributed by atoms with Crippen LogP contribution in [-0.2, 0) is 26.2 Å². The first-order valence-electron chi connectivity index (χ1n) is 15.0. The summed E-state index contributed by atoms with van der Waals surface area (Å²) in [6.45, 7) is 4.25. The Labute approximate surface area is 263 Å². The summed E-state index contributed by atoms with van der Waals surface area (Å²) in [6, 6.07) is 6.67. The molecular weight excluding hydrogens is 605 g/mol. The summed E-state index contributed by atoms with van der Waals surface area (Å²) in [5.41, 5.74) is 5.90. The van der Waals surface area contributed by atoms with Crippen LogP contribution in [0.2, 0.25) is 0 Å². The number of nitriles is 1. The van der Waals surface area contributed by atoms with E-state index < -0.39 is 17.8 Å². The molecule has 3 aromatic rings. The first-order valence-corrected chi connectivity index (χ1v) is 15.0. The highest BCUT2D eigenvalue weighted by Gasteiger charge is 2.39. The van der Waals surface area contributed by atoms with Crippen LogP contribution in [0, 0.1) is 11.3 Å². The maximum Gasteiger partial charge on any atom is 0.435 e. The summed E-state index contributed by atoms with van der Waals surface area (Å²) >= 11 is 0. The Morgan fingerprint density at radius 3 is 2.50 bits per heavy atom. The normalized spacial score (nSPS) is 16.9. The molecule has 2 fully saturated rings. The average Bonchev–Trinajstić information content (AvgIpc) is 3.78. The molecule has 0 radical (unpaired) electrons. The van der Waals surface area contributed by atoms with Crippen molar-refractivity contribution in [2.45, 2.75) is 44.9 Å². The summed E-state index contributed by atoms with van der Waals surface area (Å²) in [5, 5.41) is 15.1. The van der Waals surface area contributed by atoms with Crippen molar-refractivity contribution < 1.29 is 27.6 Å². The van der Waals surface area contributed by atoms with Gasteiger partial charge in [0.2, 0.25) is 0 Å². The molecule has 46 heavy (non-hydrogen) atoms. The predicted molar refractivity (Wildman–Crippen MR) is 160 cm³/mol. The number of benzene rings is 1. The first-order chi connectivity index (χ1) is 22.0. The molecule has 1 aromatic carbocycles. The third kappa shape index (κ3) is 6.41. The molecule has 4 heterocycles. The second-order valence-electron chi connectivity index (χ2n) is 11.2. The Balaban J connectivity index is 1.26. The van der Waals surface area contributed by atoms with Gasteiger partial charge in [0, 0.05) is 69.8 Å². The SMILES string of the molecule is CCc1cc(NC(=O)c2ncc(-c3cn(CC#N)nc3C(F)(F)F)n2C)ccc1C(=O)N1CCN(C(=O)N2CCCC2CN)CC1. The van der Waals surface area contributed by atoms with Gasteiger partial charge in [-0.15, -0.1) is 0 Å². The number of aryl methyl sites for hydroxylation is 1. The number of alkyl halides is 3. The Morgan fingerprint density at radius 2 is 1.85 bits per heavy atom. The van der Waals surface area contributed by atoms with Gasteiger partial charge < -0.3 is 30.3 Å². The lowest BCUT2D eigenvalue weighted by molar-refractivity contribution is -0.141. The lowest BCUT2D eigenvalue weighted by Crippen LogP contribution is -2.55. The molecule has 2 saturated heterocycles. The van der Waals surface area contributed by atoms with Crippen molar-refractivity contribution in [3.05, 3.63) is 53.2 Å². The largest absolute Gasteiger partial charge is 0.435 e. The average molecular weight is 641 g/mol. The van der Waals surface area contributed by atoms with Gasteiger partial charge in [0.25, 0.3) is 11.8 Å². The van der Waals surface area contributed by atoms with E-state index in [9.17, 15) is 27.6 Å². The molecule has 0 spiro atoms. The fourth-order valence-electron chi connectivity index (χ4n) is 5.99. The molecule has 2 aliphatic rings. The number of hydrogen-bond acceptors (Lipinski definition) is 7. The number of hydrogen-bond donors (Lipinski definition) is 2. The molecule has 0 aliphatic carbocycles. The molecule has 1 unspecified atom stereocenters. The number of piperazine rings is 1. The van der Waals surface area contributed by atoms with Gasteiger partial charge in [0.1, 0.15) is 6.54 Å². The van der Waals surface area contributed by atoms with Crippen LogP contribution in [0.3, 0.4) is 0 Å². The van der Waals surface area contributed by atoms with Crippen molar-refractivity contribution in [3.8, 4) is 17.3 Å². The Kier molecular flexibility index (Phi) is 9.33. The minimum atomic E-state index is -4.79. The van der Waals surface area contributed by atoms with Crippen LogP contribution >= 0.6 is 0 Å². The number of carbonyl (C=O) groups is 3. The molecule has 1 atom stereocenters. The number of amides is 4. The molecule has 16 heteroatoms. The van der Waals surface area contributed by atoms with Gasteiger partial charge in [0.05, 0.1) is 23.5 Å². The number of halogens is 3. The Hall–Kier alpha value is -4.91. The number of imidazole rings is 1. The number of anilines is 1. The summed E-state index contributed by atoms with van der Waals surface area (Å²) in [7, 11) is 1.41. The highest BCUT2D eigenvalue weighted by molar-refractivity contribution is 6.03. The van der Waals surface area contributed by atoms with Gasteiger partial charge in [-0.25, -0.2) is 9.78 Å². The minimum absolute atomic E-state index is 0.00159. The van der Waals surface area contributed by atoms with Crippen LogP contribution in [0.25, 0.3) is 11.3 Å². The maximum absolute atomic E-state index is 13.7. The standard InChI is InChI=1S/C30H35F3N10O3/c1-3-19-15-20(6-7-22(19)28(45)40-11-13-41(14-12-40)29(46)43-9-4-5-21(43)16-35)37-27(44)26-36-17-24(39(26)2)23-18-42(10-8-34)38-25(23)30(31,32)33/h6-7,15,17-18,21H,3-5,9-14,16,35H2,1-2H3,(H,37,44). The van der Waals surface area contributed by atoms with Crippen LogP contribution in [0.4, 0.5) is 23.7 Å². The summed E-state index contributed by atoms with van der Waals surface area (Å²) < 4.78 is 43.1. The van der Waals surface area contributed by atoms with Gasteiger partial charge in [-0.05, 0) is 43.0 Å². The number of nitrogens with zero attached hydrogens (tertiary/aromatic N) is 8. The van der Waals surface area contributed by atoms with Gasteiger partial charge in [0.15, 0.2) is 11.5 Å². The fraction of sp³-hybridized carbons (Fsp3) is 0.467. The zero-order valence-corrected chi connectivity index (χ0v) is 25.5. The smallest absolute Gasteiger partial charge is 0.335 e. The number of carbonyl (C=O) groups excluding carboxylic acids is 3. The van der Waals surface area contributed by atoms with Crippen LogP contribution in [0.5, 0.6) is 0 Å². The second-order valence-corrected chi connectivity index (χ2v) is 11.2. The monoisotopic (exact) mass is 640 g/mol. The fourth-order valence-corrected chi connectivity index (χ4v) is 5.99. The van der Waals surface area contributed by atoms with Crippen molar-refractivity contribution in [1.82, 2.24) is 34.0 Å². The van der Waals surface area contributed by atoms with Crippen molar-refractivity contribution in [3.63, 3.8) is 0 Å². The Bertz CT molecular complexity index is 1670. The van der Waals surface area contributed by atoms with Crippen molar-refractivity contribution >= 4 is 23.5 Å². The summed E-state index contributed by atoms with van der Waals surface area (Å²) in [4.78, 5) is 49.0. The van der Waals surface area contributed by atoms with E-state index in [2.05, 4.69) is 15.4 Å². The zero-order valence-electron chi connectivity index (χ0n) is 25.5. The van der Waals surface area contributed by atoms with E-state index in [4.69, 9.17) is 11.0 Å². The van der Waals surface area contributed by atoms with Crippen LogP contribution in [0.1, 0.15) is 52.0 Å². The number of nitrogens with two attached hydrogens (primary N) is 1. The van der Waals surface area contributed by atoms with E-state index in [1.54, 1.807) is 34.1 Å². The van der Waals surface area contributed by atoms with Crippen LogP contribution < -0.4 is 11.1 Å². The highest BCUT2D eigenvalue weighted by Crippen LogP contribution is 2.36. The van der Waals surface area contributed by atoms with Crippen molar-refractivity contribution in [2.75, 3.05) is 44.6 Å². The molecule has 4 amide bonds. The molecule has 5 rings (SSSR count). The molecular formula is C30H35F3N10O3. The zero-order chi connectivity index (χ0) is 33.2. The van der Waals surface area contributed by atoms with E-state index in [1.807, 2.05) is 11.8 Å². The van der Waals surface area contributed by atoms with Crippen LogP contribution in [-0.4, -0.2) is 97.2 Å². The van der Waals surface area contributed by atoms with Gasteiger partial charge >= 0.3 is 12.2 Å². The Morgan fingerprint density at radius 1 is 1.13 bits per heavy atom. The number of likely N-dealkylation sites (tertiary alicyclic amines) is 1. The molecule has 2 aliphatic heterocycles. The minimum Gasteiger partial charge on any atom is -0.335 e. The third-order valence-corrected chi connectivity index (χ3v) is 8.44. The first kappa shape index (κ1) is 32.5. The second kappa shape index (κ2) is 13.2. The molecule has 0 saturated carbocycles. The van der Waals surface area contributed by atoms with Gasteiger partial charge in [-0.1, -0.05) is 6.92 Å². The molecule has 2 aromatic heterocycles. The van der Waals surface area contributed by atoms with E-state index in [0.717, 1.165) is 29.9 Å². The third-order valence-electron chi connectivity index (χ3n) is 8.44. The number of nitrogens with one attached hydrogen (secondary N) is 1. The maximum atomic E-state index is 13.7. The lowest BCUT2D eigenvalue weighted by atomic mass is 10.0. The predicted octanol–water partition coefficient (Wildman–Crippen LogP) is 2.94. The highest BCUT2D eigenvalue weighted by atomic mass is 19.4. The number of urea groups is 1. The lowest BCUT2D eigenvalue weighted by Gasteiger charge is -2.38. The van der Waals surface area contributed by atoms with E-state index in [0.29, 0.717) is 62.5 Å². The summed E-state index contributed by atoms with van der Waals surface area (Å²) in [5.74, 6) is -0.981. The molecule has 3 N–H and O–H groups in total. The van der Waals surface area contributed by atoms with E-state index in [-0.39, 0.29) is 41.6 Å². The molecule has 13 nitrogen and oxygen atoms in total. The quantitative estimate of drug-likeness (QED) is 0.402.